The fourth-order valence-electron chi connectivity index (χ4n) is 2.75. The van der Waals surface area contributed by atoms with E-state index >= 15 is 0 Å². The highest BCUT2D eigenvalue weighted by molar-refractivity contribution is 7.90. The average molecular weight is 348 g/mol. The van der Waals surface area contributed by atoms with Crippen LogP contribution in [0.5, 0.6) is 0 Å². The summed E-state index contributed by atoms with van der Waals surface area (Å²) in [5.41, 5.74) is 3.51. The second-order valence-corrected chi connectivity index (χ2v) is 8.19. The summed E-state index contributed by atoms with van der Waals surface area (Å²) in [7, 11) is -2.04. The first-order chi connectivity index (χ1) is 11.3. The van der Waals surface area contributed by atoms with Crippen LogP contribution in [0.2, 0.25) is 0 Å². The van der Waals surface area contributed by atoms with E-state index in [1.807, 2.05) is 30.5 Å². The SMILES string of the molecule is Cc1ncn(-c2ccc(NC(=O)C3CCN(C)S3(=O)=O)cc2)c1C. The van der Waals surface area contributed by atoms with Crippen LogP contribution in [-0.4, -0.2) is 47.0 Å². The molecule has 1 fully saturated rings. The number of hydrogen-bond acceptors (Lipinski definition) is 4. The van der Waals surface area contributed by atoms with Gasteiger partial charge in [0.1, 0.15) is 0 Å². The Hall–Kier alpha value is -2.19. The molecule has 2 heterocycles. The van der Waals surface area contributed by atoms with Crippen molar-refractivity contribution >= 4 is 21.6 Å². The molecule has 1 aromatic heterocycles. The predicted molar refractivity (Wildman–Crippen MR) is 91.6 cm³/mol. The van der Waals surface area contributed by atoms with Crippen molar-refractivity contribution in [2.24, 2.45) is 0 Å². The monoisotopic (exact) mass is 348 g/mol. The van der Waals surface area contributed by atoms with E-state index in [9.17, 15) is 13.2 Å². The maximum absolute atomic E-state index is 12.3. The molecule has 0 radical (unpaired) electrons. The Morgan fingerprint density at radius 2 is 1.92 bits per heavy atom. The van der Waals surface area contributed by atoms with Crippen molar-refractivity contribution in [3.05, 3.63) is 42.0 Å². The lowest BCUT2D eigenvalue weighted by Crippen LogP contribution is -2.35. The number of rotatable bonds is 3. The summed E-state index contributed by atoms with van der Waals surface area (Å²) in [5, 5.41) is 1.68. The smallest absolute Gasteiger partial charge is 0.244 e. The highest BCUT2D eigenvalue weighted by atomic mass is 32.2. The summed E-state index contributed by atoms with van der Waals surface area (Å²) >= 11 is 0. The van der Waals surface area contributed by atoms with E-state index < -0.39 is 21.2 Å². The predicted octanol–water partition coefficient (Wildman–Crippen LogP) is 1.46. The maximum Gasteiger partial charge on any atom is 0.244 e. The number of anilines is 1. The number of hydrogen-bond donors (Lipinski definition) is 1. The lowest BCUT2D eigenvalue weighted by Gasteiger charge is -2.13. The quantitative estimate of drug-likeness (QED) is 0.910. The van der Waals surface area contributed by atoms with E-state index in [1.165, 1.54) is 11.4 Å². The lowest BCUT2D eigenvalue weighted by molar-refractivity contribution is -0.115. The van der Waals surface area contributed by atoms with Gasteiger partial charge in [-0.1, -0.05) is 0 Å². The number of nitrogens with zero attached hydrogens (tertiary/aromatic N) is 3. The Morgan fingerprint density at radius 1 is 1.25 bits per heavy atom. The third-order valence-electron chi connectivity index (χ3n) is 4.46. The molecular weight excluding hydrogens is 328 g/mol. The van der Waals surface area contributed by atoms with Crippen LogP contribution in [0.1, 0.15) is 17.8 Å². The van der Waals surface area contributed by atoms with Crippen molar-refractivity contribution < 1.29 is 13.2 Å². The van der Waals surface area contributed by atoms with Gasteiger partial charge in [0.2, 0.25) is 15.9 Å². The van der Waals surface area contributed by atoms with Gasteiger partial charge in [0, 0.05) is 30.7 Å². The number of aryl methyl sites for hydroxylation is 1. The molecule has 0 saturated carbocycles. The number of carbonyl (C=O) groups is 1. The summed E-state index contributed by atoms with van der Waals surface area (Å²) in [6.07, 6.45) is 2.06. The largest absolute Gasteiger partial charge is 0.325 e. The first-order valence-electron chi connectivity index (χ1n) is 7.67. The van der Waals surface area contributed by atoms with Crippen molar-refractivity contribution in [2.45, 2.75) is 25.5 Å². The zero-order valence-corrected chi connectivity index (χ0v) is 14.7. The average Bonchev–Trinajstić information content (AvgIpc) is 3.00. The molecule has 0 spiro atoms. The van der Waals surface area contributed by atoms with Gasteiger partial charge in [0.25, 0.3) is 0 Å². The minimum absolute atomic E-state index is 0.316. The van der Waals surface area contributed by atoms with Gasteiger partial charge in [-0.3, -0.25) is 4.79 Å². The summed E-state index contributed by atoms with van der Waals surface area (Å²) in [4.78, 5) is 16.5. The number of nitrogens with one attached hydrogen (secondary N) is 1. The molecular formula is C16H20N4O3S. The van der Waals surface area contributed by atoms with Gasteiger partial charge >= 0.3 is 0 Å². The molecule has 1 aliphatic rings. The standard InChI is InChI=1S/C16H20N4O3S/c1-11-12(2)20(10-17-11)14-6-4-13(5-7-14)18-16(21)15-8-9-19(3)24(15,22)23/h4-7,10,15H,8-9H2,1-3H3,(H,18,21). The zero-order valence-electron chi connectivity index (χ0n) is 13.9. The number of aromatic nitrogens is 2. The van der Waals surface area contributed by atoms with Crippen LogP contribution in [0.25, 0.3) is 5.69 Å². The molecule has 3 rings (SSSR count). The van der Waals surface area contributed by atoms with Gasteiger partial charge in [0.05, 0.1) is 12.0 Å². The molecule has 2 aromatic rings. The van der Waals surface area contributed by atoms with Gasteiger partial charge in [0.15, 0.2) is 5.25 Å². The van der Waals surface area contributed by atoms with Crippen molar-refractivity contribution in [3.63, 3.8) is 0 Å². The highest BCUT2D eigenvalue weighted by Gasteiger charge is 2.41. The van der Waals surface area contributed by atoms with Crippen LogP contribution in [0.4, 0.5) is 5.69 Å². The van der Waals surface area contributed by atoms with Crippen LogP contribution in [0.15, 0.2) is 30.6 Å². The number of benzene rings is 1. The van der Waals surface area contributed by atoms with Gasteiger partial charge in [-0.25, -0.2) is 17.7 Å². The molecule has 1 saturated heterocycles. The molecule has 1 aliphatic heterocycles. The summed E-state index contributed by atoms with van der Waals surface area (Å²) < 4.78 is 27.3. The Morgan fingerprint density at radius 3 is 2.42 bits per heavy atom. The minimum atomic E-state index is -3.53. The molecule has 1 unspecified atom stereocenters. The van der Waals surface area contributed by atoms with Crippen LogP contribution < -0.4 is 5.32 Å². The van der Waals surface area contributed by atoms with Gasteiger partial charge in [-0.2, -0.15) is 0 Å². The summed E-state index contributed by atoms with van der Waals surface area (Å²) in [5.74, 6) is -0.484. The lowest BCUT2D eigenvalue weighted by atomic mass is 10.2. The molecule has 1 amide bonds. The van der Waals surface area contributed by atoms with Gasteiger partial charge in [-0.05, 0) is 44.5 Å². The van der Waals surface area contributed by atoms with Crippen LogP contribution in [0.3, 0.4) is 0 Å². The number of carbonyl (C=O) groups excluding carboxylic acids is 1. The van der Waals surface area contributed by atoms with Gasteiger partial charge in [-0.15, -0.1) is 0 Å². The number of amides is 1. The van der Waals surface area contributed by atoms with Crippen LogP contribution in [-0.2, 0) is 14.8 Å². The van der Waals surface area contributed by atoms with Crippen molar-refractivity contribution in [3.8, 4) is 5.69 Å². The molecule has 1 aromatic carbocycles. The first-order valence-corrected chi connectivity index (χ1v) is 9.18. The Kier molecular flexibility index (Phi) is 4.18. The Labute approximate surface area is 141 Å². The fourth-order valence-corrected chi connectivity index (χ4v) is 4.27. The van der Waals surface area contributed by atoms with Crippen LogP contribution in [0, 0.1) is 13.8 Å². The normalized spacial score (nSPS) is 20.2. The number of imidazole rings is 1. The highest BCUT2D eigenvalue weighted by Crippen LogP contribution is 2.22. The topological polar surface area (TPSA) is 84.3 Å². The molecule has 7 nitrogen and oxygen atoms in total. The van der Waals surface area contributed by atoms with Crippen molar-refractivity contribution in [2.75, 3.05) is 18.9 Å². The Bertz CT molecular complexity index is 871. The van der Waals surface area contributed by atoms with E-state index in [0.29, 0.717) is 18.7 Å². The van der Waals surface area contributed by atoms with E-state index in [0.717, 1.165) is 17.1 Å². The summed E-state index contributed by atoms with van der Waals surface area (Å²) in [6.45, 7) is 4.30. The minimum Gasteiger partial charge on any atom is -0.325 e. The third kappa shape index (κ3) is 2.83. The maximum atomic E-state index is 12.3. The molecule has 8 heteroatoms. The second kappa shape index (κ2) is 6.03. The number of sulfonamides is 1. The Balaban J connectivity index is 1.75. The molecule has 24 heavy (non-hydrogen) atoms. The zero-order chi connectivity index (χ0) is 17.5. The first kappa shape index (κ1) is 16.7. The van der Waals surface area contributed by atoms with Crippen molar-refractivity contribution in [1.29, 1.82) is 0 Å². The molecule has 128 valence electrons. The van der Waals surface area contributed by atoms with E-state index in [4.69, 9.17) is 0 Å². The van der Waals surface area contributed by atoms with E-state index in [-0.39, 0.29) is 0 Å². The van der Waals surface area contributed by atoms with Crippen molar-refractivity contribution in [1.82, 2.24) is 13.9 Å². The molecule has 1 atom stereocenters. The van der Waals surface area contributed by atoms with Gasteiger partial charge < -0.3 is 9.88 Å². The molecule has 0 aliphatic carbocycles. The third-order valence-corrected chi connectivity index (χ3v) is 6.68. The molecule has 0 bridgehead atoms. The van der Waals surface area contributed by atoms with E-state index in [1.54, 1.807) is 18.5 Å². The van der Waals surface area contributed by atoms with Crippen LogP contribution >= 0.6 is 0 Å². The molecule has 1 N–H and O–H groups in total. The van der Waals surface area contributed by atoms with E-state index in [2.05, 4.69) is 10.3 Å². The fraction of sp³-hybridized carbons (Fsp3) is 0.375. The second-order valence-electron chi connectivity index (χ2n) is 5.97. The summed E-state index contributed by atoms with van der Waals surface area (Å²) in [6, 6.07) is 7.23.